The van der Waals surface area contributed by atoms with Gasteiger partial charge < -0.3 is 14.5 Å². The van der Waals surface area contributed by atoms with Gasteiger partial charge in [-0.2, -0.15) is 0 Å². The van der Waals surface area contributed by atoms with Crippen LogP contribution in [0.2, 0.25) is 0 Å². The SMILES string of the molecule is CCOC(=O)c1[nH]c(=O)c([N+](=O)[O-])cc1OC(F)(F)F. The summed E-state index contributed by atoms with van der Waals surface area (Å²) in [4.78, 5) is 33.5. The van der Waals surface area contributed by atoms with Crippen molar-refractivity contribution in [1.82, 2.24) is 4.98 Å². The first-order valence-corrected chi connectivity index (χ1v) is 5.00. The smallest absolute Gasteiger partial charge is 0.461 e. The van der Waals surface area contributed by atoms with Crippen molar-refractivity contribution in [2.45, 2.75) is 13.3 Å². The largest absolute Gasteiger partial charge is 0.573 e. The van der Waals surface area contributed by atoms with Crippen molar-refractivity contribution < 1.29 is 32.4 Å². The fourth-order valence-corrected chi connectivity index (χ4v) is 1.20. The molecule has 0 saturated carbocycles. The third-order valence-electron chi connectivity index (χ3n) is 1.89. The van der Waals surface area contributed by atoms with Gasteiger partial charge in [-0.3, -0.25) is 14.9 Å². The summed E-state index contributed by atoms with van der Waals surface area (Å²) < 4.78 is 44.4. The molecule has 1 aromatic rings. The van der Waals surface area contributed by atoms with Crippen LogP contribution in [0.25, 0.3) is 0 Å². The Kier molecular flexibility index (Phi) is 4.32. The van der Waals surface area contributed by atoms with Crippen molar-refractivity contribution in [1.29, 1.82) is 0 Å². The number of esters is 1. The summed E-state index contributed by atoms with van der Waals surface area (Å²) in [6, 6.07) is 0.207. The maximum atomic E-state index is 12.2. The van der Waals surface area contributed by atoms with E-state index in [1.54, 1.807) is 4.98 Å². The molecule has 0 bridgehead atoms. The zero-order chi connectivity index (χ0) is 15.5. The van der Waals surface area contributed by atoms with E-state index in [0.29, 0.717) is 0 Å². The highest BCUT2D eigenvalue weighted by Gasteiger charge is 2.35. The van der Waals surface area contributed by atoms with Crippen LogP contribution in [0, 0.1) is 10.1 Å². The van der Waals surface area contributed by atoms with Crippen molar-refractivity contribution in [2.24, 2.45) is 0 Å². The van der Waals surface area contributed by atoms with Crippen molar-refractivity contribution in [3.8, 4) is 5.75 Å². The molecule has 0 unspecified atom stereocenters. The van der Waals surface area contributed by atoms with Crippen LogP contribution in [-0.4, -0.2) is 28.8 Å². The number of aromatic amines is 1. The highest BCUT2D eigenvalue weighted by atomic mass is 19.4. The molecule has 8 nitrogen and oxygen atoms in total. The van der Waals surface area contributed by atoms with Gasteiger partial charge in [0.15, 0.2) is 11.4 Å². The second-order valence-corrected chi connectivity index (χ2v) is 3.25. The minimum Gasteiger partial charge on any atom is -0.461 e. The van der Waals surface area contributed by atoms with E-state index >= 15 is 0 Å². The number of nitrogens with one attached hydrogen (secondary N) is 1. The van der Waals surface area contributed by atoms with Crippen molar-refractivity contribution in [2.75, 3.05) is 6.61 Å². The van der Waals surface area contributed by atoms with E-state index in [2.05, 4.69) is 9.47 Å². The zero-order valence-electron chi connectivity index (χ0n) is 9.82. The predicted molar refractivity (Wildman–Crippen MR) is 56.4 cm³/mol. The number of nitrogens with zero attached hydrogens (tertiary/aromatic N) is 1. The van der Waals surface area contributed by atoms with Crippen LogP contribution < -0.4 is 10.3 Å². The number of H-pyrrole nitrogens is 1. The molecule has 0 aromatic carbocycles. The number of ether oxygens (including phenoxy) is 2. The van der Waals surface area contributed by atoms with Crippen LogP contribution in [0.3, 0.4) is 0 Å². The summed E-state index contributed by atoms with van der Waals surface area (Å²) >= 11 is 0. The number of rotatable bonds is 4. The van der Waals surface area contributed by atoms with Crippen molar-refractivity contribution >= 4 is 11.7 Å². The van der Waals surface area contributed by atoms with Crippen LogP contribution in [0.4, 0.5) is 18.9 Å². The molecule has 0 aliphatic heterocycles. The number of carbonyl (C=O) groups is 1. The van der Waals surface area contributed by atoms with Crippen molar-refractivity contribution in [3.05, 3.63) is 32.2 Å². The van der Waals surface area contributed by atoms with Gasteiger partial charge in [0.1, 0.15) is 0 Å². The number of carbonyl (C=O) groups excluding carboxylic acids is 1. The Balaban J connectivity index is 3.41. The molecule has 1 aromatic heterocycles. The van der Waals surface area contributed by atoms with E-state index in [1.165, 1.54) is 6.92 Å². The first kappa shape index (κ1) is 15.5. The molecule has 0 aliphatic rings. The zero-order valence-corrected chi connectivity index (χ0v) is 9.82. The fourth-order valence-electron chi connectivity index (χ4n) is 1.20. The average molecular weight is 296 g/mol. The van der Waals surface area contributed by atoms with Gasteiger partial charge in [-0.15, -0.1) is 13.2 Å². The lowest BCUT2D eigenvalue weighted by molar-refractivity contribution is -0.386. The Labute approximate surface area is 108 Å². The molecule has 11 heteroatoms. The van der Waals surface area contributed by atoms with Crippen LogP contribution in [0.15, 0.2) is 10.9 Å². The van der Waals surface area contributed by atoms with E-state index in [0.717, 1.165) is 0 Å². The predicted octanol–water partition coefficient (Wildman–Crippen LogP) is 1.36. The quantitative estimate of drug-likeness (QED) is 0.510. The number of alkyl halides is 3. The van der Waals surface area contributed by atoms with Crippen LogP contribution >= 0.6 is 0 Å². The van der Waals surface area contributed by atoms with Crippen molar-refractivity contribution in [3.63, 3.8) is 0 Å². The number of hydrogen-bond acceptors (Lipinski definition) is 6. The van der Waals surface area contributed by atoms with Crippen LogP contribution in [0.5, 0.6) is 5.75 Å². The summed E-state index contributed by atoms with van der Waals surface area (Å²) in [7, 11) is 0. The molecule has 0 saturated heterocycles. The molecule has 0 fully saturated rings. The highest BCUT2D eigenvalue weighted by molar-refractivity contribution is 5.90. The number of nitro groups is 1. The van der Waals surface area contributed by atoms with E-state index in [4.69, 9.17) is 0 Å². The lowest BCUT2D eigenvalue weighted by Gasteiger charge is -2.11. The van der Waals surface area contributed by atoms with Gasteiger partial charge >= 0.3 is 23.6 Å². The molecule has 1 rings (SSSR count). The Morgan fingerprint density at radius 3 is 2.55 bits per heavy atom. The molecule has 110 valence electrons. The maximum absolute atomic E-state index is 12.2. The second-order valence-electron chi connectivity index (χ2n) is 3.25. The highest BCUT2D eigenvalue weighted by Crippen LogP contribution is 2.27. The lowest BCUT2D eigenvalue weighted by Crippen LogP contribution is -2.24. The first-order chi connectivity index (χ1) is 9.15. The van der Waals surface area contributed by atoms with Crippen LogP contribution in [-0.2, 0) is 4.74 Å². The molecule has 0 amide bonds. The minimum absolute atomic E-state index is 0.177. The summed E-state index contributed by atoms with van der Waals surface area (Å²) in [5.41, 5.74) is -3.51. The van der Waals surface area contributed by atoms with Gasteiger partial charge in [0.05, 0.1) is 17.6 Å². The third-order valence-corrected chi connectivity index (χ3v) is 1.89. The molecular weight excluding hydrogens is 289 g/mol. The number of pyridine rings is 1. The molecule has 0 radical (unpaired) electrons. The van der Waals surface area contributed by atoms with Crippen LogP contribution in [0.1, 0.15) is 17.4 Å². The average Bonchev–Trinajstić information content (AvgIpc) is 2.29. The normalized spacial score (nSPS) is 11.0. The summed E-state index contributed by atoms with van der Waals surface area (Å²) in [6.45, 7) is 1.20. The molecule has 0 spiro atoms. The first-order valence-electron chi connectivity index (χ1n) is 5.00. The maximum Gasteiger partial charge on any atom is 0.573 e. The summed E-state index contributed by atoms with van der Waals surface area (Å²) in [5.74, 6) is -2.53. The molecule has 1 N–H and O–H groups in total. The number of hydrogen-bond donors (Lipinski definition) is 1. The molecule has 1 heterocycles. The van der Waals surface area contributed by atoms with Gasteiger partial charge in [-0.05, 0) is 6.92 Å². The third kappa shape index (κ3) is 3.70. The Morgan fingerprint density at radius 1 is 1.50 bits per heavy atom. The topological polar surface area (TPSA) is 112 Å². The Hall–Kier alpha value is -2.59. The lowest BCUT2D eigenvalue weighted by atomic mass is 10.3. The van der Waals surface area contributed by atoms with E-state index in [9.17, 15) is 32.9 Å². The van der Waals surface area contributed by atoms with Gasteiger partial charge in [-0.1, -0.05) is 0 Å². The number of aromatic nitrogens is 1. The van der Waals surface area contributed by atoms with E-state index in [1.807, 2.05) is 0 Å². The summed E-state index contributed by atoms with van der Waals surface area (Å²) in [5, 5.41) is 10.5. The molecule has 0 atom stereocenters. The van der Waals surface area contributed by atoms with Gasteiger partial charge in [-0.25, -0.2) is 4.79 Å². The molecular formula is C9H7F3N2O6. The molecule has 0 aliphatic carbocycles. The van der Waals surface area contributed by atoms with Gasteiger partial charge in [0.25, 0.3) is 0 Å². The monoisotopic (exact) mass is 296 g/mol. The number of halogens is 3. The Morgan fingerprint density at radius 2 is 2.10 bits per heavy atom. The summed E-state index contributed by atoms with van der Waals surface area (Å²) in [6.07, 6.45) is -5.20. The second kappa shape index (κ2) is 5.59. The van der Waals surface area contributed by atoms with Gasteiger partial charge in [0, 0.05) is 0 Å². The standard InChI is InChI=1S/C9H7F3N2O6/c1-2-19-8(16)6-5(20-9(10,11)12)3-4(14(17)18)7(15)13-6/h3H,2H2,1H3,(H,13,15). The minimum atomic E-state index is -5.20. The fraction of sp³-hybridized carbons (Fsp3) is 0.333. The molecule has 20 heavy (non-hydrogen) atoms. The van der Waals surface area contributed by atoms with E-state index in [-0.39, 0.29) is 12.7 Å². The Bertz CT molecular complexity index is 594. The van der Waals surface area contributed by atoms with E-state index < -0.39 is 39.9 Å². The van der Waals surface area contributed by atoms with Gasteiger partial charge in [0.2, 0.25) is 0 Å².